The van der Waals surface area contributed by atoms with Gasteiger partial charge in [0.15, 0.2) is 0 Å². The lowest BCUT2D eigenvalue weighted by atomic mass is 10.1. The van der Waals surface area contributed by atoms with Crippen LogP contribution >= 0.6 is 11.3 Å². The summed E-state index contributed by atoms with van der Waals surface area (Å²) in [5, 5.41) is 9.30. The van der Waals surface area contributed by atoms with Gasteiger partial charge < -0.3 is 5.73 Å². The Bertz CT molecular complexity index is 568. The van der Waals surface area contributed by atoms with E-state index < -0.39 is 5.82 Å². The summed E-state index contributed by atoms with van der Waals surface area (Å²) in [6, 6.07) is 4.94. The van der Waals surface area contributed by atoms with E-state index in [1.165, 1.54) is 6.07 Å². The number of nitrogens with two attached hydrogens (primary N) is 1. The van der Waals surface area contributed by atoms with Gasteiger partial charge in [0.1, 0.15) is 11.7 Å². The van der Waals surface area contributed by atoms with Crippen LogP contribution in [0.15, 0.2) is 29.1 Å². The third kappa shape index (κ3) is 3.36. The van der Waals surface area contributed by atoms with Gasteiger partial charge >= 0.3 is 0 Å². The van der Waals surface area contributed by atoms with E-state index in [-0.39, 0.29) is 11.4 Å². The second-order valence-electron chi connectivity index (χ2n) is 4.34. The number of thiazole rings is 1. The molecule has 0 unspecified atom stereocenters. The Kier molecular flexibility index (Phi) is 4.24. The van der Waals surface area contributed by atoms with Crippen LogP contribution in [0.5, 0.6) is 0 Å². The molecule has 0 aliphatic rings. The van der Waals surface area contributed by atoms with Crippen LogP contribution in [-0.4, -0.2) is 22.8 Å². The van der Waals surface area contributed by atoms with E-state index >= 15 is 0 Å². The molecule has 0 aliphatic heterocycles. The number of amidine groups is 1. The van der Waals surface area contributed by atoms with Gasteiger partial charge in [0.2, 0.25) is 0 Å². The highest BCUT2D eigenvalue weighted by Gasteiger charge is 2.12. The van der Waals surface area contributed by atoms with Gasteiger partial charge in [0, 0.05) is 24.0 Å². The van der Waals surface area contributed by atoms with Crippen molar-refractivity contribution in [2.24, 2.45) is 5.73 Å². The van der Waals surface area contributed by atoms with Gasteiger partial charge in [-0.05, 0) is 13.1 Å². The van der Waals surface area contributed by atoms with E-state index in [1.54, 1.807) is 29.0 Å². The Balaban J connectivity index is 2.10. The summed E-state index contributed by atoms with van der Waals surface area (Å²) >= 11 is 1.54. The molecule has 3 N–H and O–H groups in total. The first-order chi connectivity index (χ1) is 9.08. The van der Waals surface area contributed by atoms with Crippen LogP contribution in [0.25, 0.3) is 0 Å². The number of hydrogen-bond acceptors (Lipinski definition) is 4. The number of hydrogen-bond donors (Lipinski definition) is 2. The van der Waals surface area contributed by atoms with Crippen molar-refractivity contribution >= 4 is 17.2 Å². The fraction of sp³-hybridized carbons (Fsp3) is 0.231. The van der Waals surface area contributed by atoms with E-state index in [2.05, 4.69) is 4.98 Å². The monoisotopic (exact) mass is 278 g/mol. The molecular formula is C13H15FN4S. The molecule has 0 amide bonds. The molecule has 0 bridgehead atoms. The molecule has 0 radical (unpaired) electrons. The topological polar surface area (TPSA) is 66.0 Å². The van der Waals surface area contributed by atoms with Crippen molar-refractivity contribution in [1.29, 1.82) is 5.41 Å². The molecule has 19 heavy (non-hydrogen) atoms. The largest absolute Gasteiger partial charge is 0.384 e. The molecule has 6 heteroatoms. The molecular weight excluding hydrogens is 263 g/mol. The van der Waals surface area contributed by atoms with Crippen LogP contribution in [0.2, 0.25) is 0 Å². The number of halogens is 1. The molecule has 0 atom stereocenters. The summed E-state index contributed by atoms with van der Waals surface area (Å²) in [6.45, 7) is 1.11. The number of benzene rings is 1. The SMILES string of the molecule is CN(Cc1cscn1)Cc1cccc(C(=N)N)c1F. The van der Waals surface area contributed by atoms with E-state index in [0.717, 1.165) is 5.69 Å². The van der Waals surface area contributed by atoms with Crippen LogP contribution in [0, 0.1) is 11.2 Å². The van der Waals surface area contributed by atoms with Gasteiger partial charge in [0.05, 0.1) is 16.8 Å². The Morgan fingerprint density at radius 3 is 2.89 bits per heavy atom. The average molecular weight is 278 g/mol. The maximum absolute atomic E-state index is 14.1. The number of aromatic nitrogens is 1. The molecule has 0 saturated carbocycles. The van der Waals surface area contributed by atoms with Crippen molar-refractivity contribution in [3.63, 3.8) is 0 Å². The molecule has 0 spiro atoms. The highest BCUT2D eigenvalue weighted by Crippen LogP contribution is 2.15. The lowest BCUT2D eigenvalue weighted by molar-refractivity contribution is 0.310. The summed E-state index contributed by atoms with van der Waals surface area (Å²) in [5.74, 6) is -0.665. The normalized spacial score (nSPS) is 10.9. The fourth-order valence-electron chi connectivity index (χ4n) is 1.85. The van der Waals surface area contributed by atoms with Crippen molar-refractivity contribution < 1.29 is 4.39 Å². The number of rotatable bonds is 5. The maximum atomic E-state index is 14.1. The van der Waals surface area contributed by atoms with Crippen LogP contribution in [0.1, 0.15) is 16.8 Å². The van der Waals surface area contributed by atoms with E-state index in [0.29, 0.717) is 18.7 Å². The fourth-order valence-corrected chi connectivity index (χ4v) is 2.40. The van der Waals surface area contributed by atoms with Gasteiger partial charge in [-0.25, -0.2) is 9.37 Å². The first kappa shape index (κ1) is 13.6. The van der Waals surface area contributed by atoms with Gasteiger partial charge in [-0.3, -0.25) is 10.3 Å². The van der Waals surface area contributed by atoms with Crippen molar-refractivity contribution in [3.05, 3.63) is 51.7 Å². The molecule has 0 saturated heterocycles. The molecule has 2 rings (SSSR count). The van der Waals surface area contributed by atoms with E-state index in [4.69, 9.17) is 11.1 Å². The summed E-state index contributed by atoms with van der Waals surface area (Å²) < 4.78 is 14.1. The summed E-state index contributed by atoms with van der Waals surface area (Å²) in [6.07, 6.45) is 0. The van der Waals surface area contributed by atoms with E-state index in [1.807, 2.05) is 17.3 Å². The lowest BCUT2D eigenvalue weighted by Gasteiger charge is -2.16. The average Bonchev–Trinajstić information content (AvgIpc) is 2.84. The quantitative estimate of drug-likeness (QED) is 0.651. The molecule has 0 fully saturated rings. The number of nitrogens with one attached hydrogen (secondary N) is 1. The molecule has 1 aromatic heterocycles. The Morgan fingerprint density at radius 2 is 2.26 bits per heavy atom. The second kappa shape index (κ2) is 5.90. The zero-order valence-corrected chi connectivity index (χ0v) is 11.4. The highest BCUT2D eigenvalue weighted by atomic mass is 32.1. The minimum Gasteiger partial charge on any atom is -0.384 e. The zero-order chi connectivity index (χ0) is 13.8. The molecule has 2 aromatic rings. The van der Waals surface area contributed by atoms with Crippen LogP contribution < -0.4 is 5.73 Å². The van der Waals surface area contributed by atoms with Crippen molar-refractivity contribution in [1.82, 2.24) is 9.88 Å². The van der Waals surface area contributed by atoms with Gasteiger partial charge in [-0.15, -0.1) is 11.3 Å². The summed E-state index contributed by atoms with van der Waals surface area (Å²) in [4.78, 5) is 6.16. The second-order valence-corrected chi connectivity index (χ2v) is 5.06. The van der Waals surface area contributed by atoms with Crippen molar-refractivity contribution in [2.75, 3.05) is 7.05 Å². The van der Waals surface area contributed by atoms with Crippen molar-refractivity contribution in [3.8, 4) is 0 Å². The Morgan fingerprint density at radius 1 is 1.47 bits per heavy atom. The van der Waals surface area contributed by atoms with Crippen LogP contribution in [0.4, 0.5) is 4.39 Å². The van der Waals surface area contributed by atoms with E-state index in [9.17, 15) is 4.39 Å². The van der Waals surface area contributed by atoms with Gasteiger partial charge in [-0.2, -0.15) is 0 Å². The summed E-state index contributed by atoms with van der Waals surface area (Å²) in [5.41, 5.74) is 8.78. The first-order valence-corrected chi connectivity index (χ1v) is 6.69. The number of nitrogen functional groups attached to an aromatic ring is 1. The van der Waals surface area contributed by atoms with Crippen LogP contribution in [-0.2, 0) is 13.1 Å². The molecule has 4 nitrogen and oxygen atoms in total. The molecule has 0 aliphatic carbocycles. The van der Waals surface area contributed by atoms with Gasteiger partial charge in [0.25, 0.3) is 0 Å². The minimum atomic E-state index is -0.417. The third-order valence-electron chi connectivity index (χ3n) is 2.72. The predicted octanol–water partition coefficient (Wildman–Crippen LogP) is 2.20. The first-order valence-electron chi connectivity index (χ1n) is 5.75. The Hall–Kier alpha value is -1.79. The molecule has 100 valence electrons. The maximum Gasteiger partial charge on any atom is 0.138 e. The predicted molar refractivity (Wildman–Crippen MR) is 74.7 cm³/mol. The number of nitrogens with zero attached hydrogens (tertiary/aromatic N) is 2. The van der Waals surface area contributed by atoms with Gasteiger partial charge in [-0.1, -0.05) is 12.1 Å². The molecule has 1 aromatic carbocycles. The molecule has 1 heterocycles. The summed E-state index contributed by atoms with van der Waals surface area (Å²) in [7, 11) is 1.90. The van der Waals surface area contributed by atoms with Crippen molar-refractivity contribution in [2.45, 2.75) is 13.1 Å². The Labute approximate surface area is 115 Å². The highest BCUT2D eigenvalue weighted by molar-refractivity contribution is 7.07. The third-order valence-corrected chi connectivity index (χ3v) is 3.36. The minimum absolute atomic E-state index is 0.152. The zero-order valence-electron chi connectivity index (χ0n) is 10.6. The smallest absolute Gasteiger partial charge is 0.138 e. The van der Waals surface area contributed by atoms with Crippen LogP contribution in [0.3, 0.4) is 0 Å². The standard InChI is InChI=1S/C13H15FN4S/c1-18(6-10-7-19-8-17-10)5-9-3-2-4-11(12(9)14)13(15)16/h2-4,7-8H,5-6H2,1H3,(H3,15,16). The lowest BCUT2D eigenvalue weighted by Crippen LogP contribution is -2.20.